The molecule has 1 aromatic carbocycles. The van der Waals surface area contributed by atoms with Gasteiger partial charge in [-0.1, -0.05) is 30.3 Å². The summed E-state index contributed by atoms with van der Waals surface area (Å²) in [6, 6.07) is 8.55. The quantitative estimate of drug-likeness (QED) is 0.810. The number of hydrogen-bond acceptors (Lipinski definition) is 4. The second-order valence-corrected chi connectivity index (χ2v) is 7.82. The first kappa shape index (κ1) is 21.5. The van der Waals surface area contributed by atoms with E-state index >= 15 is 0 Å². The summed E-state index contributed by atoms with van der Waals surface area (Å²) in [7, 11) is 0. The van der Waals surface area contributed by atoms with Gasteiger partial charge in [-0.05, 0) is 31.2 Å². The number of aliphatic hydroxyl groups is 1. The molecule has 1 aromatic rings. The van der Waals surface area contributed by atoms with Gasteiger partial charge in [-0.2, -0.15) is 0 Å². The number of alkyl halides is 2. The number of hydrogen-bond donors (Lipinski definition) is 1. The molecule has 0 radical (unpaired) electrons. The van der Waals surface area contributed by atoms with E-state index in [4.69, 9.17) is 4.74 Å². The second-order valence-electron chi connectivity index (χ2n) is 7.82. The number of carbonyl (C=O) groups excluding carboxylic acids is 2. The first-order valence-electron chi connectivity index (χ1n) is 10.1. The molecule has 2 fully saturated rings. The standard InChI is InChI=1S/C21H28F2N2O4/c22-21(23)10-4-7-18(13-21)25(19(27)14-26)17-8-11-24(12-9-17)20(28)29-15-16-5-2-1-3-6-16/h1-3,5-6,17-18,26H,4,7-15H2. The lowest BCUT2D eigenvalue weighted by Gasteiger charge is -2.44. The first-order chi connectivity index (χ1) is 13.9. The van der Waals surface area contributed by atoms with Gasteiger partial charge in [-0.25, -0.2) is 13.6 Å². The Hall–Kier alpha value is -2.22. The zero-order valence-corrected chi connectivity index (χ0v) is 16.4. The predicted molar refractivity (Wildman–Crippen MR) is 102 cm³/mol. The van der Waals surface area contributed by atoms with Crippen LogP contribution in [0, 0.1) is 0 Å². The van der Waals surface area contributed by atoms with Crippen molar-refractivity contribution in [1.82, 2.24) is 9.80 Å². The highest BCUT2D eigenvalue weighted by molar-refractivity contribution is 5.78. The summed E-state index contributed by atoms with van der Waals surface area (Å²) in [5, 5.41) is 9.35. The van der Waals surface area contributed by atoms with Crippen LogP contribution in [0.25, 0.3) is 0 Å². The highest BCUT2D eigenvalue weighted by Crippen LogP contribution is 2.37. The molecule has 2 amide bonds. The predicted octanol–water partition coefficient (Wildman–Crippen LogP) is 3.19. The number of piperidine rings is 1. The molecule has 1 N–H and O–H groups in total. The van der Waals surface area contributed by atoms with Crippen LogP contribution in [0.15, 0.2) is 30.3 Å². The summed E-state index contributed by atoms with van der Waals surface area (Å²) < 4.78 is 33.1. The van der Waals surface area contributed by atoms with Crippen LogP contribution in [-0.4, -0.2) is 64.6 Å². The summed E-state index contributed by atoms with van der Waals surface area (Å²) in [6.45, 7) is 0.264. The molecule has 1 atom stereocenters. The second kappa shape index (κ2) is 9.52. The average molecular weight is 410 g/mol. The summed E-state index contributed by atoms with van der Waals surface area (Å²) in [6.07, 6.45) is 0.895. The van der Waals surface area contributed by atoms with E-state index in [9.17, 15) is 23.5 Å². The Balaban J connectivity index is 1.55. The molecule has 1 saturated heterocycles. The van der Waals surface area contributed by atoms with Crippen LogP contribution in [0.5, 0.6) is 0 Å². The maximum Gasteiger partial charge on any atom is 0.410 e. The van der Waals surface area contributed by atoms with E-state index in [2.05, 4.69) is 0 Å². The molecule has 3 rings (SSSR count). The molecule has 1 saturated carbocycles. The monoisotopic (exact) mass is 410 g/mol. The van der Waals surface area contributed by atoms with E-state index in [1.165, 1.54) is 4.90 Å². The SMILES string of the molecule is O=C(OCc1ccccc1)N1CCC(N(C(=O)CO)C2CCCC(F)(F)C2)CC1. The van der Waals surface area contributed by atoms with Crippen molar-refractivity contribution in [2.24, 2.45) is 0 Å². The fourth-order valence-corrected chi connectivity index (χ4v) is 4.31. The minimum atomic E-state index is -2.78. The molecule has 160 valence electrons. The lowest BCUT2D eigenvalue weighted by Crippen LogP contribution is -2.55. The Morgan fingerprint density at radius 3 is 2.45 bits per heavy atom. The number of amides is 2. The van der Waals surface area contributed by atoms with Crippen molar-refractivity contribution >= 4 is 12.0 Å². The third-order valence-corrected chi connectivity index (χ3v) is 5.75. The maximum atomic E-state index is 13.9. The van der Waals surface area contributed by atoms with Gasteiger partial charge in [0.1, 0.15) is 13.2 Å². The third-order valence-electron chi connectivity index (χ3n) is 5.75. The zero-order chi connectivity index (χ0) is 20.9. The molecule has 2 aliphatic rings. The van der Waals surface area contributed by atoms with E-state index in [1.807, 2.05) is 30.3 Å². The van der Waals surface area contributed by atoms with Crippen molar-refractivity contribution < 1.29 is 28.2 Å². The molecule has 0 spiro atoms. The Morgan fingerprint density at radius 1 is 1.14 bits per heavy atom. The van der Waals surface area contributed by atoms with Crippen LogP contribution >= 0.6 is 0 Å². The van der Waals surface area contributed by atoms with Crippen molar-refractivity contribution in [3.8, 4) is 0 Å². The molecule has 29 heavy (non-hydrogen) atoms. The maximum absolute atomic E-state index is 13.9. The minimum Gasteiger partial charge on any atom is -0.445 e. The molecule has 1 unspecified atom stereocenters. The lowest BCUT2D eigenvalue weighted by molar-refractivity contribution is -0.145. The van der Waals surface area contributed by atoms with Crippen LogP contribution in [0.4, 0.5) is 13.6 Å². The Morgan fingerprint density at radius 2 is 1.83 bits per heavy atom. The summed E-state index contributed by atoms with van der Waals surface area (Å²) in [4.78, 5) is 27.7. The number of benzene rings is 1. The summed E-state index contributed by atoms with van der Waals surface area (Å²) in [5.41, 5.74) is 0.897. The number of carbonyl (C=O) groups is 2. The fraction of sp³-hybridized carbons (Fsp3) is 0.619. The molecule has 0 bridgehead atoms. The third kappa shape index (κ3) is 5.65. The molecule has 1 aliphatic carbocycles. The van der Waals surface area contributed by atoms with Crippen molar-refractivity contribution in [3.63, 3.8) is 0 Å². The van der Waals surface area contributed by atoms with E-state index < -0.39 is 30.6 Å². The van der Waals surface area contributed by atoms with Gasteiger partial charge in [0, 0.05) is 38.0 Å². The van der Waals surface area contributed by atoms with E-state index in [-0.39, 0.29) is 25.5 Å². The molecule has 0 aromatic heterocycles. The number of aliphatic hydroxyl groups excluding tert-OH is 1. The number of likely N-dealkylation sites (tertiary alicyclic amines) is 1. The lowest BCUT2D eigenvalue weighted by atomic mass is 9.88. The van der Waals surface area contributed by atoms with Crippen LogP contribution in [0.2, 0.25) is 0 Å². The largest absolute Gasteiger partial charge is 0.445 e. The molecular formula is C21H28F2N2O4. The van der Waals surface area contributed by atoms with Crippen LogP contribution in [-0.2, 0) is 16.1 Å². The normalized spacial score (nSPS) is 22.2. The summed E-state index contributed by atoms with van der Waals surface area (Å²) in [5.74, 6) is -3.29. The van der Waals surface area contributed by atoms with Crippen LogP contribution < -0.4 is 0 Å². The zero-order valence-electron chi connectivity index (χ0n) is 16.4. The van der Waals surface area contributed by atoms with Crippen molar-refractivity contribution in [2.45, 2.75) is 63.1 Å². The van der Waals surface area contributed by atoms with Gasteiger partial charge in [-0.15, -0.1) is 0 Å². The van der Waals surface area contributed by atoms with E-state index in [0.717, 1.165) is 5.56 Å². The van der Waals surface area contributed by atoms with Crippen molar-refractivity contribution in [2.75, 3.05) is 19.7 Å². The van der Waals surface area contributed by atoms with E-state index in [0.29, 0.717) is 38.8 Å². The van der Waals surface area contributed by atoms with Crippen molar-refractivity contribution in [1.29, 1.82) is 0 Å². The molecule has 6 nitrogen and oxygen atoms in total. The number of nitrogens with zero attached hydrogens (tertiary/aromatic N) is 2. The number of ether oxygens (including phenoxy) is 1. The van der Waals surface area contributed by atoms with Gasteiger partial charge in [0.15, 0.2) is 0 Å². The smallest absolute Gasteiger partial charge is 0.410 e. The van der Waals surface area contributed by atoms with Crippen LogP contribution in [0.3, 0.4) is 0 Å². The average Bonchev–Trinajstić information content (AvgIpc) is 2.72. The molecular weight excluding hydrogens is 382 g/mol. The number of halogens is 2. The fourth-order valence-electron chi connectivity index (χ4n) is 4.31. The Kier molecular flexibility index (Phi) is 7.05. The van der Waals surface area contributed by atoms with E-state index in [1.54, 1.807) is 4.90 Å². The van der Waals surface area contributed by atoms with Gasteiger partial charge in [0.2, 0.25) is 11.8 Å². The van der Waals surface area contributed by atoms with Gasteiger partial charge in [-0.3, -0.25) is 4.79 Å². The first-order valence-corrected chi connectivity index (χ1v) is 10.1. The van der Waals surface area contributed by atoms with Gasteiger partial charge in [0.05, 0.1) is 0 Å². The molecule has 1 heterocycles. The summed E-state index contributed by atoms with van der Waals surface area (Å²) >= 11 is 0. The van der Waals surface area contributed by atoms with Crippen LogP contribution in [0.1, 0.15) is 44.1 Å². The van der Waals surface area contributed by atoms with Gasteiger partial charge >= 0.3 is 6.09 Å². The van der Waals surface area contributed by atoms with Gasteiger partial charge in [0.25, 0.3) is 0 Å². The highest BCUT2D eigenvalue weighted by Gasteiger charge is 2.42. The molecule has 8 heteroatoms. The minimum absolute atomic E-state index is 0.156. The highest BCUT2D eigenvalue weighted by atomic mass is 19.3. The molecule has 1 aliphatic heterocycles. The van der Waals surface area contributed by atoms with Gasteiger partial charge < -0.3 is 19.6 Å². The Labute approximate surface area is 169 Å². The number of rotatable bonds is 5. The Bertz CT molecular complexity index is 693. The van der Waals surface area contributed by atoms with Crippen molar-refractivity contribution in [3.05, 3.63) is 35.9 Å². The topological polar surface area (TPSA) is 70.1 Å².